The van der Waals surface area contributed by atoms with Crippen molar-refractivity contribution in [1.29, 1.82) is 0 Å². The molecule has 21 heavy (non-hydrogen) atoms. The fourth-order valence-corrected chi connectivity index (χ4v) is 1.95. The van der Waals surface area contributed by atoms with Crippen LogP contribution in [0.4, 0.5) is 0 Å². The molecule has 0 aliphatic carbocycles. The lowest BCUT2D eigenvalue weighted by atomic mass is 10.2. The molecule has 1 amide bonds. The average molecular weight is 282 g/mol. The summed E-state index contributed by atoms with van der Waals surface area (Å²) in [6.45, 7) is 0.463. The first-order valence-corrected chi connectivity index (χ1v) is 6.49. The number of aromatic nitrogens is 3. The topological polar surface area (TPSA) is 68.5 Å². The van der Waals surface area contributed by atoms with Crippen molar-refractivity contribution in [2.45, 2.75) is 6.54 Å². The maximum atomic E-state index is 12.1. The normalized spacial score (nSPS) is 10.5. The highest BCUT2D eigenvalue weighted by Crippen LogP contribution is 2.09. The monoisotopic (exact) mass is 282 g/mol. The van der Waals surface area contributed by atoms with Gasteiger partial charge in [-0.15, -0.1) is 5.10 Å². The van der Waals surface area contributed by atoms with Crippen LogP contribution in [0.2, 0.25) is 0 Å². The van der Waals surface area contributed by atoms with E-state index >= 15 is 0 Å². The second kappa shape index (κ2) is 5.62. The predicted molar refractivity (Wildman–Crippen MR) is 77.2 cm³/mol. The molecule has 2 aromatic heterocycles. The molecule has 106 valence electrons. The molecule has 6 heteroatoms. The van der Waals surface area contributed by atoms with Gasteiger partial charge in [0.05, 0.1) is 13.3 Å². The lowest BCUT2D eigenvalue weighted by molar-refractivity contribution is 0.0946. The number of rotatable bonds is 4. The van der Waals surface area contributed by atoms with Gasteiger partial charge >= 0.3 is 0 Å². The van der Waals surface area contributed by atoms with E-state index in [1.807, 2.05) is 30.3 Å². The highest BCUT2D eigenvalue weighted by atomic mass is 16.5. The molecule has 0 saturated heterocycles. The van der Waals surface area contributed by atoms with Gasteiger partial charge < -0.3 is 10.1 Å². The van der Waals surface area contributed by atoms with Crippen LogP contribution >= 0.6 is 0 Å². The van der Waals surface area contributed by atoms with Crippen LogP contribution in [0.15, 0.2) is 48.7 Å². The van der Waals surface area contributed by atoms with Crippen LogP contribution < -0.4 is 10.1 Å². The van der Waals surface area contributed by atoms with E-state index in [2.05, 4.69) is 15.4 Å². The van der Waals surface area contributed by atoms with E-state index in [9.17, 15) is 4.79 Å². The summed E-state index contributed by atoms with van der Waals surface area (Å²) in [7, 11) is 1.54. The number of imidazole rings is 1. The molecule has 1 N–H and O–H groups in total. The van der Waals surface area contributed by atoms with Crippen molar-refractivity contribution in [3.63, 3.8) is 0 Å². The van der Waals surface area contributed by atoms with Gasteiger partial charge in [-0.2, -0.15) is 0 Å². The molecule has 3 rings (SSSR count). The van der Waals surface area contributed by atoms with Crippen molar-refractivity contribution in [1.82, 2.24) is 19.9 Å². The Labute approximate surface area is 121 Å². The van der Waals surface area contributed by atoms with E-state index in [0.717, 1.165) is 5.56 Å². The Balaban J connectivity index is 1.75. The molecule has 0 bridgehead atoms. The molecule has 0 spiro atoms. The summed E-state index contributed by atoms with van der Waals surface area (Å²) >= 11 is 0. The number of carbonyl (C=O) groups is 1. The minimum absolute atomic E-state index is 0.233. The molecule has 1 aromatic carbocycles. The minimum Gasteiger partial charge on any atom is -0.480 e. The molecule has 2 heterocycles. The molecule has 6 nitrogen and oxygen atoms in total. The zero-order valence-corrected chi connectivity index (χ0v) is 11.5. The average Bonchev–Trinajstić information content (AvgIpc) is 2.96. The van der Waals surface area contributed by atoms with E-state index < -0.39 is 0 Å². The number of methoxy groups -OCH3 is 1. The number of carbonyl (C=O) groups excluding carboxylic acids is 1. The van der Waals surface area contributed by atoms with Gasteiger partial charge in [-0.05, 0) is 11.6 Å². The number of nitrogens with zero attached hydrogens (tertiary/aromatic N) is 3. The van der Waals surface area contributed by atoms with Gasteiger partial charge in [0.2, 0.25) is 5.88 Å². The number of amides is 1. The van der Waals surface area contributed by atoms with Crippen LogP contribution in [0, 0.1) is 0 Å². The van der Waals surface area contributed by atoms with E-state index in [4.69, 9.17) is 4.74 Å². The number of hydrogen-bond donors (Lipinski definition) is 1. The van der Waals surface area contributed by atoms with Gasteiger partial charge in [-0.3, -0.25) is 4.79 Å². The van der Waals surface area contributed by atoms with E-state index in [1.54, 1.807) is 25.4 Å². The third-order valence-corrected chi connectivity index (χ3v) is 3.03. The molecule has 0 saturated carbocycles. The summed E-state index contributed by atoms with van der Waals surface area (Å²) < 4.78 is 6.56. The number of nitrogens with one attached hydrogen (secondary N) is 1. The largest absolute Gasteiger partial charge is 0.480 e. The lowest BCUT2D eigenvalue weighted by Gasteiger charge is -2.02. The van der Waals surface area contributed by atoms with Crippen LogP contribution in [0.5, 0.6) is 5.88 Å². The van der Waals surface area contributed by atoms with Crippen molar-refractivity contribution in [3.05, 3.63) is 59.9 Å². The van der Waals surface area contributed by atoms with Crippen LogP contribution in [0.3, 0.4) is 0 Å². The van der Waals surface area contributed by atoms with Crippen molar-refractivity contribution < 1.29 is 9.53 Å². The van der Waals surface area contributed by atoms with E-state index in [-0.39, 0.29) is 5.91 Å². The van der Waals surface area contributed by atoms with Crippen LogP contribution in [0.25, 0.3) is 5.65 Å². The maximum Gasteiger partial charge on any atom is 0.271 e. The Morgan fingerprint density at radius 3 is 2.81 bits per heavy atom. The number of benzene rings is 1. The van der Waals surface area contributed by atoms with E-state index in [1.165, 1.54) is 4.52 Å². The molecule has 3 aromatic rings. The summed E-state index contributed by atoms with van der Waals surface area (Å²) in [5, 5.41) is 7.00. The van der Waals surface area contributed by atoms with Gasteiger partial charge in [0.25, 0.3) is 5.91 Å². The van der Waals surface area contributed by atoms with Crippen LogP contribution in [-0.2, 0) is 6.54 Å². The van der Waals surface area contributed by atoms with Gasteiger partial charge in [0.1, 0.15) is 5.69 Å². The summed E-state index contributed by atoms with van der Waals surface area (Å²) in [6, 6.07) is 13.2. The quantitative estimate of drug-likeness (QED) is 0.790. The minimum atomic E-state index is -0.233. The molecule has 0 radical (unpaired) electrons. The highest BCUT2D eigenvalue weighted by molar-refractivity contribution is 5.92. The molecule has 0 aliphatic heterocycles. The van der Waals surface area contributed by atoms with Crippen molar-refractivity contribution in [2.75, 3.05) is 7.11 Å². The summed E-state index contributed by atoms with van der Waals surface area (Å²) in [5.41, 5.74) is 1.96. The number of hydrogen-bond acceptors (Lipinski definition) is 4. The predicted octanol–water partition coefficient (Wildman–Crippen LogP) is 1.67. The zero-order chi connectivity index (χ0) is 14.7. The second-order valence-electron chi connectivity index (χ2n) is 4.47. The Morgan fingerprint density at radius 2 is 2.05 bits per heavy atom. The van der Waals surface area contributed by atoms with Gasteiger partial charge in [-0.1, -0.05) is 30.3 Å². The first-order chi connectivity index (χ1) is 10.3. The Morgan fingerprint density at radius 1 is 1.24 bits per heavy atom. The Bertz CT molecular complexity index is 768. The third kappa shape index (κ3) is 2.84. The number of ether oxygens (including phenoxy) is 1. The number of fused-ring (bicyclic) bond motifs is 1. The summed E-state index contributed by atoms with van der Waals surface area (Å²) in [4.78, 5) is 16.3. The van der Waals surface area contributed by atoms with Crippen molar-refractivity contribution in [3.8, 4) is 5.88 Å². The third-order valence-electron chi connectivity index (χ3n) is 3.03. The molecular formula is C15H14N4O2. The second-order valence-corrected chi connectivity index (χ2v) is 4.47. The molecule has 0 atom stereocenters. The molecule has 0 unspecified atom stereocenters. The Kier molecular flexibility index (Phi) is 3.51. The van der Waals surface area contributed by atoms with Gasteiger partial charge in [0.15, 0.2) is 5.65 Å². The maximum absolute atomic E-state index is 12.1. The lowest BCUT2D eigenvalue weighted by Crippen LogP contribution is -2.23. The smallest absolute Gasteiger partial charge is 0.271 e. The van der Waals surface area contributed by atoms with E-state index in [0.29, 0.717) is 23.8 Å². The fourth-order valence-electron chi connectivity index (χ4n) is 1.95. The van der Waals surface area contributed by atoms with Crippen LogP contribution in [-0.4, -0.2) is 27.6 Å². The highest BCUT2D eigenvalue weighted by Gasteiger charge is 2.11. The van der Waals surface area contributed by atoms with Gasteiger partial charge in [0, 0.05) is 12.6 Å². The summed E-state index contributed by atoms with van der Waals surface area (Å²) in [6.07, 6.45) is 1.58. The standard InChI is InChI=1S/C15H14N4O2/c1-21-14-8-7-13-17-12(10-19(13)18-14)15(20)16-9-11-5-3-2-4-6-11/h2-8,10H,9H2,1H3,(H,16,20). The first kappa shape index (κ1) is 13.1. The fraction of sp³-hybridized carbons (Fsp3) is 0.133. The molecular weight excluding hydrogens is 268 g/mol. The van der Waals surface area contributed by atoms with Crippen LogP contribution in [0.1, 0.15) is 16.1 Å². The van der Waals surface area contributed by atoms with Crippen molar-refractivity contribution in [2.24, 2.45) is 0 Å². The SMILES string of the molecule is COc1ccc2nc(C(=O)NCc3ccccc3)cn2n1. The summed E-state index contributed by atoms with van der Waals surface area (Å²) in [5.74, 6) is 0.236. The van der Waals surface area contributed by atoms with Gasteiger partial charge in [-0.25, -0.2) is 9.50 Å². The first-order valence-electron chi connectivity index (χ1n) is 6.49. The zero-order valence-electron chi connectivity index (χ0n) is 11.5. The molecule has 0 fully saturated rings. The van der Waals surface area contributed by atoms with Crippen molar-refractivity contribution >= 4 is 11.6 Å². The molecule has 0 aliphatic rings. The Hall–Kier alpha value is -2.89.